The number of hydrogen-bond donors (Lipinski definition) is 1. The molecule has 0 spiro atoms. The van der Waals surface area contributed by atoms with Gasteiger partial charge in [-0.05, 0) is 31.5 Å². The van der Waals surface area contributed by atoms with Crippen LogP contribution in [0.3, 0.4) is 0 Å². The van der Waals surface area contributed by atoms with Crippen LogP contribution in [0.4, 0.5) is 0 Å². The van der Waals surface area contributed by atoms with E-state index in [0.717, 1.165) is 25.3 Å². The Morgan fingerprint density at radius 3 is 2.94 bits per heavy atom. The lowest BCUT2D eigenvalue weighted by molar-refractivity contribution is 0.202. The van der Waals surface area contributed by atoms with Crippen LogP contribution in [0.15, 0.2) is 18.2 Å². The molecule has 0 saturated heterocycles. The van der Waals surface area contributed by atoms with E-state index < -0.39 is 0 Å². The average molecular weight is 235 g/mol. The van der Waals surface area contributed by atoms with Gasteiger partial charge in [-0.15, -0.1) is 0 Å². The van der Waals surface area contributed by atoms with E-state index in [0.29, 0.717) is 6.04 Å². The maximum atomic E-state index is 5.84. The summed E-state index contributed by atoms with van der Waals surface area (Å²) in [5, 5.41) is 3.48. The minimum atomic E-state index is 0.211. The van der Waals surface area contributed by atoms with Gasteiger partial charge in [0, 0.05) is 12.7 Å². The van der Waals surface area contributed by atoms with Gasteiger partial charge in [-0.2, -0.15) is 0 Å². The van der Waals surface area contributed by atoms with Gasteiger partial charge in [0.1, 0.15) is 11.9 Å². The van der Waals surface area contributed by atoms with Crippen molar-refractivity contribution in [1.29, 1.82) is 0 Å². The third kappa shape index (κ3) is 2.61. The molecular formula is C14H21NO2. The summed E-state index contributed by atoms with van der Waals surface area (Å²) in [6, 6.07) is 6.76. The van der Waals surface area contributed by atoms with Gasteiger partial charge in [0.2, 0.25) is 0 Å². The van der Waals surface area contributed by atoms with Gasteiger partial charge in [-0.25, -0.2) is 0 Å². The zero-order valence-electron chi connectivity index (χ0n) is 10.8. The number of ether oxygens (including phenoxy) is 2. The summed E-state index contributed by atoms with van der Waals surface area (Å²) in [6.07, 6.45) is 1.17. The van der Waals surface area contributed by atoms with Crippen LogP contribution in [-0.2, 0) is 11.2 Å². The molecule has 1 aliphatic rings. The van der Waals surface area contributed by atoms with E-state index in [-0.39, 0.29) is 6.10 Å². The lowest BCUT2D eigenvalue weighted by atomic mass is 10.0. The largest absolute Gasteiger partial charge is 0.488 e. The van der Waals surface area contributed by atoms with Crippen molar-refractivity contribution in [3.63, 3.8) is 0 Å². The van der Waals surface area contributed by atoms with Crippen molar-refractivity contribution in [2.45, 2.75) is 32.4 Å². The smallest absolute Gasteiger partial charge is 0.124 e. The highest BCUT2D eigenvalue weighted by atomic mass is 16.5. The number of likely N-dealkylation sites (N-methyl/N-ethyl adjacent to an activating group) is 1. The first kappa shape index (κ1) is 12.4. The second-order valence-electron chi connectivity index (χ2n) is 4.47. The van der Waals surface area contributed by atoms with Crippen LogP contribution in [0.2, 0.25) is 0 Å². The minimum absolute atomic E-state index is 0.211. The van der Waals surface area contributed by atoms with Crippen LogP contribution in [0.1, 0.15) is 31.0 Å². The quantitative estimate of drug-likeness (QED) is 0.849. The Morgan fingerprint density at radius 1 is 1.41 bits per heavy atom. The van der Waals surface area contributed by atoms with Gasteiger partial charge in [0.15, 0.2) is 0 Å². The molecule has 0 aliphatic carbocycles. The molecule has 0 aromatic heterocycles. The maximum Gasteiger partial charge on any atom is 0.124 e. The predicted octanol–water partition coefficient (Wildman–Crippen LogP) is 2.31. The maximum absolute atomic E-state index is 5.84. The number of benzene rings is 1. The predicted molar refractivity (Wildman–Crippen MR) is 68.5 cm³/mol. The first-order chi connectivity index (χ1) is 8.26. The Balaban J connectivity index is 2.19. The molecule has 2 rings (SSSR count). The van der Waals surface area contributed by atoms with Crippen LogP contribution in [0, 0.1) is 0 Å². The fourth-order valence-electron chi connectivity index (χ4n) is 2.34. The number of hydrogen-bond acceptors (Lipinski definition) is 3. The third-order valence-corrected chi connectivity index (χ3v) is 3.21. The molecule has 1 heterocycles. The fourth-order valence-corrected chi connectivity index (χ4v) is 2.34. The fraction of sp³-hybridized carbons (Fsp3) is 0.571. The molecule has 17 heavy (non-hydrogen) atoms. The van der Waals surface area contributed by atoms with Gasteiger partial charge in [-0.3, -0.25) is 0 Å². The van der Waals surface area contributed by atoms with Crippen molar-refractivity contribution in [1.82, 2.24) is 5.32 Å². The molecule has 0 radical (unpaired) electrons. The van der Waals surface area contributed by atoms with Crippen molar-refractivity contribution >= 4 is 0 Å². The number of methoxy groups -OCH3 is 1. The summed E-state index contributed by atoms with van der Waals surface area (Å²) in [5.41, 5.74) is 2.60. The van der Waals surface area contributed by atoms with Crippen LogP contribution >= 0.6 is 0 Å². The van der Waals surface area contributed by atoms with Crippen molar-refractivity contribution in [2.24, 2.45) is 0 Å². The van der Waals surface area contributed by atoms with Crippen molar-refractivity contribution in [3.05, 3.63) is 29.3 Å². The van der Waals surface area contributed by atoms with Crippen LogP contribution < -0.4 is 10.1 Å². The number of nitrogens with one attached hydrogen (secondary N) is 1. The molecule has 1 aromatic rings. The van der Waals surface area contributed by atoms with Gasteiger partial charge < -0.3 is 14.8 Å². The molecule has 94 valence electrons. The molecule has 1 aliphatic heterocycles. The number of fused-ring (bicyclic) bond motifs is 1. The zero-order valence-corrected chi connectivity index (χ0v) is 10.8. The lowest BCUT2D eigenvalue weighted by Gasteiger charge is -2.15. The van der Waals surface area contributed by atoms with Gasteiger partial charge in [0.25, 0.3) is 0 Å². The molecule has 0 saturated carbocycles. The average Bonchev–Trinajstić information content (AvgIpc) is 2.64. The Bertz CT molecular complexity index is 378. The van der Waals surface area contributed by atoms with Crippen molar-refractivity contribution in [2.75, 3.05) is 20.3 Å². The van der Waals surface area contributed by atoms with Gasteiger partial charge in [0.05, 0.1) is 12.6 Å². The van der Waals surface area contributed by atoms with E-state index in [1.54, 1.807) is 7.11 Å². The van der Waals surface area contributed by atoms with E-state index in [4.69, 9.17) is 9.47 Å². The highest BCUT2D eigenvalue weighted by Crippen LogP contribution is 2.37. The summed E-state index contributed by atoms with van der Waals surface area (Å²) < 4.78 is 11.0. The van der Waals surface area contributed by atoms with E-state index in [1.807, 2.05) is 0 Å². The Kier molecular flexibility index (Phi) is 4.02. The first-order valence-corrected chi connectivity index (χ1v) is 6.28. The van der Waals surface area contributed by atoms with Crippen LogP contribution in [-0.4, -0.2) is 26.4 Å². The molecule has 2 unspecified atom stereocenters. The number of rotatable bonds is 5. The summed E-state index contributed by atoms with van der Waals surface area (Å²) in [7, 11) is 1.74. The first-order valence-electron chi connectivity index (χ1n) is 6.28. The van der Waals surface area contributed by atoms with E-state index in [1.165, 1.54) is 11.1 Å². The molecule has 3 heteroatoms. The van der Waals surface area contributed by atoms with E-state index in [2.05, 4.69) is 37.4 Å². The summed E-state index contributed by atoms with van der Waals surface area (Å²) in [5.74, 6) is 1.02. The Hall–Kier alpha value is -1.06. The topological polar surface area (TPSA) is 30.5 Å². The molecule has 1 N–H and O–H groups in total. The Labute approximate surface area is 103 Å². The molecular weight excluding hydrogens is 214 g/mol. The molecule has 2 atom stereocenters. The molecule has 0 bridgehead atoms. The molecule has 1 aromatic carbocycles. The zero-order chi connectivity index (χ0) is 12.3. The highest BCUT2D eigenvalue weighted by molar-refractivity contribution is 5.43. The van der Waals surface area contributed by atoms with E-state index in [9.17, 15) is 0 Å². The minimum Gasteiger partial charge on any atom is -0.488 e. The second-order valence-corrected chi connectivity index (χ2v) is 4.47. The van der Waals surface area contributed by atoms with E-state index >= 15 is 0 Å². The SMILES string of the molecule is CCNC1c2cc(CCOC)ccc2OC1C. The van der Waals surface area contributed by atoms with Gasteiger partial charge >= 0.3 is 0 Å². The third-order valence-electron chi connectivity index (χ3n) is 3.21. The Morgan fingerprint density at radius 2 is 2.24 bits per heavy atom. The standard InChI is InChI=1S/C14H21NO2/c1-4-15-14-10(2)17-13-6-5-11(7-8-16-3)9-12(13)14/h5-6,9-10,14-15H,4,7-8H2,1-3H3. The normalized spacial score (nSPS) is 22.3. The summed E-state index contributed by atoms with van der Waals surface area (Å²) >= 11 is 0. The van der Waals surface area contributed by atoms with Crippen molar-refractivity contribution in [3.8, 4) is 5.75 Å². The molecule has 3 nitrogen and oxygen atoms in total. The summed E-state index contributed by atoms with van der Waals surface area (Å²) in [4.78, 5) is 0. The highest BCUT2D eigenvalue weighted by Gasteiger charge is 2.30. The van der Waals surface area contributed by atoms with Crippen molar-refractivity contribution < 1.29 is 9.47 Å². The van der Waals surface area contributed by atoms with Crippen LogP contribution in [0.5, 0.6) is 5.75 Å². The lowest BCUT2D eigenvalue weighted by Crippen LogP contribution is -2.28. The molecule has 0 fully saturated rings. The van der Waals surface area contributed by atoms with Crippen LogP contribution in [0.25, 0.3) is 0 Å². The molecule has 0 amide bonds. The second kappa shape index (κ2) is 5.52. The summed E-state index contributed by atoms with van der Waals surface area (Å²) in [6.45, 7) is 5.96. The van der Waals surface area contributed by atoms with Gasteiger partial charge in [-0.1, -0.05) is 19.1 Å². The monoisotopic (exact) mass is 235 g/mol.